The van der Waals surface area contributed by atoms with E-state index in [1.807, 2.05) is 0 Å². The second-order valence-electron chi connectivity index (χ2n) is 6.95. The molecular weight excluding hydrogens is 358 g/mol. The molecule has 142 valence electrons. The van der Waals surface area contributed by atoms with Gasteiger partial charge in [0.05, 0.1) is 5.39 Å². The van der Waals surface area contributed by atoms with Crippen molar-refractivity contribution in [3.63, 3.8) is 0 Å². The number of benzene rings is 2. The minimum Gasteiger partial charge on any atom is -0.508 e. The second-order valence-corrected chi connectivity index (χ2v) is 6.95. The van der Waals surface area contributed by atoms with Crippen LogP contribution in [0.15, 0.2) is 63.8 Å². The average molecular weight is 377 g/mol. The molecule has 6 nitrogen and oxygen atoms in total. The Labute approximate surface area is 161 Å². The molecule has 0 saturated carbocycles. The minimum atomic E-state index is -0.335. The van der Waals surface area contributed by atoms with E-state index < -0.39 is 0 Å². The molecule has 1 aliphatic rings. The van der Waals surface area contributed by atoms with Crippen molar-refractivity contribution < 1.29 is 19.1 Å². The Balaban J connectivity index is 1.46. The summed E-state index contributed by atoms with van der Waals surface area (Å²) < 4.78 is 5.63. The molecule has 0 bridgehead atoms. The summed E-state index contributed by atoms with van der Waals surface area (Å²) in [5.41, 5.74) is 0.696. The van der Waals surface area contributed by atoms with Gasteiger partial charge in [-0.1, -0.05) is 12.1 Å². The number of phenols is 1. The molecule has 3 aromatic rings. The highest BCUT2D eigenvalue weighted by molar-refractivity contribution is 5.98. The molecule has 0 aliphatic carbocycles. The maximum atomic E-state index is 12.8. The molecule has 4 rings (SSSR count). The molecule has 0 atom stereocenters. The molecule has 0 spiro atoms. The number of rotatable bonds is 3. The van der Waals surface area contributed by atoms with E-state index in [4.69, 9.17) is 4.42 Å². The van der Waals surface area contributed by atoms with Gasteiger partial charge >= 0.3 is 0 Å². The minimum absolute atomic E-state index is 0.0179. The average Bonchev–Trinajstić information content (AvgIpc) is 2.73. The van der Waals surface area contributed by atoms with Gasteiger partial charge in [0.1, 0.15) is 11.3 Å². The summed E-state index contributed by atoms with van der Waals surface area (Å²) in [6, 6.07) is 14.3. The Hall–Kier alpha value is -3.41. The number of nitrogens with zero attached hydrogens (tertiary/aromatic N) is 1. The Bertz CT molecular complexity index is 1090. The summed E-state index contributed by atoms with van der Waals surface area (Å²) in [5, 5.41) is 9.79. The van der Waals surface area contributed by atoms with Crippen LogP contribution in [-0.4, -0.2) is 34.8 Å². The van der Waals surface area contributed by atoms with Crippen molar-refractivity contribution in [3.05, 3.63) is 76.1 Å². The fraction of sp³-hybridized carbons (Fsp3) is 0.227. The molecule has 2 aromatic carbocycles. The lowest BCUT2D eigenvalue weighted by molar-refractivity contribution is 0.0625. The van der Waals surface area contributed by atoms with Gasteiger partial charge in [0, 0.05) is 30.6 Å². The van der Waals surface area contributed by atoms with Crippen LogP contribution < -0.4 is 5.43 Å². The number of amides is 1. The summed E-state index contributed by atoms with van der Waals surface area (Å²) in [7, 11) is 0. The van der Waals surface area contributed by atoms with Crippen molar-refractivity contribution in [2.24, 2.45) is 5.92 Å². The molecule has 28 heavy (non-hydrogen) atoms. The number of hydrogen-bond acceptors (Lipinski definition) is 5. The Morgan fingerprint density at radius 2 is 1.68 bits per heavy atom. The highest BCUT2D eigenvalue weighted by atomic mass is 16.3. The third kappa shape index (κ3) is 3.41. The van der Waals surface area contributed by atoms with E-state index in [-0.39, 0.29) is 34.5 Å². The first kappa shape index (κ1) is 18.0. The zero-order valence-electron chi connectivity index (χ0n) is 15.1. The molecule has 1 fully saturated rings. The van der Waals surface area contributed by atoms with E-state index in [1.54, 1.807) is 41.3 Å². The van der Waals surface area contributed by atoms with Gasteiger partial charge in [0.25, 0.3) is 5.91 Å². The molecule has 6 heteroatoms. The number of likely N-dealkylation sites (tertiary alicyclic amines) is 1. The molecule has 1 amide bonds. The van der Waals surface area contributed by atoms with Crippen LogP contribution >= 0.6 is 0 Å². The van der Waals surface area contributed by atoms with Gasteiger partial charge in [0.15, 0.2) is 17.0 Å². The number of carbonyl (C=O) groups is 2. The van der Waals surface area contributed by atoms with E-state index in [0.717, 1.165) is 0 Å². The fourth-order valence-electron chi connectivity index (χ4n) is 3.57. The number of hydrogen-bond donors (Lipinski definition) is 1. The second kappa shape index (κ2) is 7.31. The van der Waals surface area contributed by atoms with Crippen LogP contribution in [-0.2, 0) is 0 Å². The van der Waals surface area contributed by atoms with Gasteiger partial charge in [0.2, 0.25) is 0 Å². The van der Waals surface area contributed by atoms with Gasteiger partial charge in [-0.25, -0.2) is 0 Å². The van der Waals surface area contributed by atoms with Crippen molar-refractivity contribution >= 4 is 22.7 Å². The highest BCUT2D eigenvalue weighted by Crippen LogP contribution is 2.24. The van der Waals surface area contributed by atoms with Crippen LogP contribution in [0.25, 0.3) is 11.0 Å². The van der Waals surface area contributed by atoms with Crippen molar-refractivity contribution in [3.8, 4) is 5.75 Å². The van der Waals surface area contributed by atoms with Crippen LogP contribution in [0.3, 0.4) is 0 Å². The smallest absolute Gasteiger partial charge is 0.289 e. The molecule has 1 aromatic heterocycles. The van der Waals surface area contributed by atoms with Gasteiger partial charge in [-0.2, -0.15) is 0 Å². The van der Waals surface area contributed by atoms with Crippen LogP contribution in [0.2, 0.25) is 0 Å². The zero-order valence-corrected chi connectivity index (χ0v) is 15.1. The fourth-order valence-corrected chi connectivity index (χ4v) is 3.57. The van der Waals surface area contributed by atoms with E-state index >= 15 is 0 Å². The lowest BCUT2D eigenvalue weighted by Crippen LogP contribution is -2.40. The van der Waals surface area contributed by atoms with Crippen LogP contribution in [0, 0.1) is 5.92 Å². The van der Waals surface area contributed by atoms with Crippen molar-refractivity contribution in [2.75, 3.05) is 13.1 Å². The lowest BCUT2D eigenvalue weighted by atomic mass is 9.89. The summed E-state index contributed by atoms with van der Waals surface area (Å²) >= 11 is 0. The molecule has 1 N–H and O–H groups in total. The SMILES string of the molecule is O=C(c1ccc(O)cc1)C1CCN(C(=O)c2cc(=O)c3ccccc3o2)CC1. The Kier molecular flexibility index (Phi) is 4.69. The first-order chi connectivity index (χ1) is 13.5. The largest absolute Gasteiger partial charge is 0.508 e. The van der Waals surface area contributed by atoms with E-state index in [1.165, 1.54) is 18.2 Å². The lowest BCUT2D eigenvalue weighted by Gasteiger charge is -2.31. The van der Waals surface area contributed by atoms with Crippen molar-refractivity contribution in [1.82, 2.24) is 4.90 Å². The number of piperidine rings is 1. The van der Waals surface area contributed by atoms with E-state index in [2.05, 4.69) is 0 Å². The van der Waals surface area contributed by atoms with Gasteiger partial charge in [-0.15, -0.1) is 0 Å². The molecule has 1 aliphatic heterocycles. The number of Topliss-reactive ketones (excluding diaryl/α,β-unsaturated/α-hetero) is 1. The van der Waals surface area contributed by atoms with Crippen LogP contribution in [0.1, 0.15) is 33.8 Å². The van der Waals surface area contributed by atoms with Gasteiger partial charge in [-0.3, -0.25) is 14.4 Å². The highest BCUT2D eigenvalue weighted by Gasteiger charge is 2.29. The summed E-state index contributed by atoms with van der Waals surface area (Å²) in [6.45, 7) is 0.841. The summed E-state index contributed by atoms with van der Waals surface area (Å²) in [4.78, 5) is 39.2. The number of carbonyl (C=O) groups excluding carboxylic acids is 2. The summed E-state index contributed by atoms with van der Waals surface area (Å²) in [5.74, 6) is -0.346. The monoisotopic (exact) mass is 377 g/mol. The first-order valence-corrected chi connectivity index (χ1v) is 9.18. The molecule has 0 radical (unpaired) electrons. The first-order valence-electron chi connectivity index (χ1n) is 9.18. The van der Waals surface area contributed by atoms with E-state index in [0.29, 0.717) is 42.5 Å². The molecule has 1 saturated heterocycles. The Morgan fingerprint density at radius 1 is 1.00 bits per heavy atom. The molecule has 2 heterocycles. The topological polar surface area (TPSA) is 87.8 Å². The Morgan fingerprint density at radius 3 is 2.39 bits per heavy atom. The molecular formula is C22H19NO5. The van der Waals surface area contributed by atoms with Crippen LogP contribution in [0.4, 0.5) is 0 Å². The maximum absolute atomic E-state index is 12.8. The predicted octanol–water partition coefficient (Wildman–Crippen LogP) is 3.23. The number of ketones is 1. The third-order valence-corrected chi connectivity index (χ3v) is 5.15. The molecule has 0 unspecified atom stereocenters. The number of aromatic hydroxyl groups is 1. The van der Waals surface area contributed by atoms with Gasteiger partial charge in [-0.05, 0) is 49.2 Å². The predicted molar refractivity (Wildman–Crippen MR) is 104 cm³/mol. The van der Waals surface area contributed by atoms with Crippen molar-refractivity contribution in [1.29, 1.82) is 0 Å². The quantitative estimate of drug-likeness (QED) is 0.708. The number of phenolic OH excluding ortho intramolecular Hbond substituents is 1. The zero-order chi connectivity index (χ0) is 19.7. The normalized spacial score (nSPS) is 14.9. The van der Waals surface area contributed by atoms with Gasteiger partial charge < -0.3 is 14.4 Å². The maximum Gasteiger partial charge on any atom is 0.289 e. The van der Waals surface area contributed by atoms with Crippen LogP contribution in [0.5, 0.6) is 5.75 Å². The standard InChI is InChI=1S/C22H19NO5/c24-16-7-5-14(6-8-16)21(26)15-9-11-23(12-10-15)22(27)20-13-18(25)17-3-1-2-4-19(17)28-20/h1-8,13,15,24H,9-12H2. The number of para-hydroxylation sites is 1. The van der Waals surface area contributed by atoms with Crippen molar-refractivity contribution in [2.45, 2.75) is 12.8 Å². The number of fused-ring (bicyclic) bond motifs is 1. The van der Waals surface area contributed by atoms with E-state index in [9.17, 15) is 19.5 Å². The third-order valence-electron chi connectivity index (χ3n) is 5.15. The summed E-state index contributed by atoms with van der Waals surface area (Å²) in [6.07, 6.45) is 1.09.